The summed E-state index contributed by atoms with van der Waals surface area (Å²) < 4.78 is 16.9. The van der Waals surface area contributed by atoms with Crippen molar-refractivity contribution >= 4 is 17.9 Å². The number of ether oxygens (including phenoxy) is 3. The standard InChI is InChI=1S/C67H118O6/c1-4-7-10-13-16-19-22-25-28-31-32-33-34-37-40-43-46-49-52-55-58-61-67(70)73-64(62-71-65(68)59-56-53-50-47-44-41-38-35-29-26-23-20-17-14-11-8-5-2)63-72-66(69)60-57-54-51-48-45-42-39-36-30-27-24-21-18-15-12-9-6-3/h17,20,26-27,29-30,38-39,41-42,48,51,64H,4-16,18-19,21-25,28,31-37,40,43-47,49-50,52-63H2,1-3H3/b20-17-,29-26-,30-27-,41-38-,42-39-,51-48-/t64-/m1/s1. The number of allylic oxidation sites excluding steroid dienone is 12. The summed E-state index contributed by atoms with van der Waals surface area (Å²) in [5.74, 6) is -0.959. The topological polar surface area (TPSA) is 78.9 Å². The van der Waals surface area contributed by atoms with Crippen molar-refractivity contribution in [2.45, 2.75) is 322 Å². The van der Waals surface area contributed by atoms with E-state index in [2.05, 4.69) is 93.7 Å². The summed E-state index contributed by atoms with van der Waals surface area (Å²) in [7, 11) is 0. The Kier molecular flexibility index (Phi) is 58.7. The molecule has 0 radical (unpaired) electrons. The normalized spacial score (nSPS) is 12.5. The molecule has 73 heavy (non-hydrogen) atoms. The fourth-order valence-corrected chi connectivity index (χ4v) is 8.94. The number of unbranched alkanes of at least 4 members (excludes halogenated alkanes) is 34. The highest BCUT2D eigenvalue weighted by Gasteiger charge is 2.19. The van der Waals surface area contributed by atoms with Crippen molar-refractivity contribution in [3.63, 3.8) is 0 Å². The zero-order chi connectivity index (χ0) is 52.9. The van der Waals surface area contributed by atoms with Crippen LogP contribution in [0.25, 0.3) is 0 Å². The Morgan fingerprint density at radius 2 is 0.507 bits per heavy atom. The van der Waals surface area contributed by atoms with Crippen molar-refractivity contribution in [1.29, 1.82) is 0 Å². The van der Waals surface area contributed by atoms with Crippen molar-refractivity contribution in [2.75, 3.05) is 13.2 Å². The van der Waals surface area contributed by atoms with Crippen molar-refractivity contribution in [3.8, 4) is 0 Å². The van der Waals surface area contributed by atoms with E-state index in [1.54, 1.807) is 0 Å². The molecular weight excluding hydrogens is 901 g/mol. The van der Waals surface area contributed by atoms with E-state index in [1.165, 1.54) is 186 Å². The maximum Gasteiger partial charge on any atom is 0.306 e. The van der Waals surface area contributed by atoms with E-state index in [0.717, 1.165) is 83.5 Å². The molecule has 422 valence electrons. The van der Waals surface area contributed by atoms with E-state index in [0.29, 0.717) is 19.3 Å². The second kappa shape index (κ2) is 61.4. The van der Waals surface area contributed by atoms with E-state index in [1.807, 2.05) is 0 Å². The minimum absolute atomic E-state index is 0.100. The van der Waals surface area contributed by atoms with Gasteiger partial charge in [-0.1, -0.05) is 280 Å². The maximum atomic E-state index is 12.9. The third-order valence-electron chi connectivity index (χ3n) is 13.7. The number of hydrogen-bond acceptors (Lipinski definition) is 6. The SMILES string of the molecule is CCCCC/C=C\C/C=C\C/C=C\CCCCCCC(=O)OC[C@H](COC(=O)CCC/C=C\C/C=C\C/C=C\CCCCCCCC)OC(=O)CCCCCCCCCCCCCCCCCCCCCCC. The molecular formula is C67H118O6. The second-order valence-electron chi connectivity index (χ2n) is 21.0. The highest BCUT2D eigenvalue weighted by atomic mass is 16.6. The number of rotatable bonds is 57. The highest BCUT2D eigenvalue weighted by Crippen LogP contribution is 2.17. The van der Waals surface area contributed by atoms with E-state index in [9.17, 15) is 14.4 Å². The van der Waals surface area contributed by atoms with Gasteiger partial charge in [0.05, 0.1) is 0 Å². The smallest absolute Gasteiger partial charge is 0.306 e. The fraction of sp³-hybridized carbons (Fsp3) is 0.776. The molecule has 0 amide bonds. The minimum Gasteiger partial charge on any atom is -0.462 e. The van der Waals surface area contributed by atoms with Gasteiger partial charge in [0.25, 0.3) is 0 Å². The summed E-state index contributed by atoms with van der Waals surface area (Å²) in [4.78, 5) is 38.3. The Morgan fingerprint density at radius 1 is 0.274 bits per heavy atom. The van der Waals surface area contributed by atoms with Crippen LogP contribution >= 0.6 is 0 Å². The Balaban J connectivity index is 4.44. The van der Waals surface area contributed by atoms with Gasteiger partial charge in [-0.05, 0) is 89.9 Å². The number of esters is 3. The van der Waals surface area contributed by atoms with Gasteiger partial charge in [0, 0.05) is 19.3 Å². The molecule has 0 aromatic heterocycles. The zero-order valence-corrected chi connectivity index (χ0v) is 48.4. The first kappa shape index (κ1) is 69.8. The Labute approximate surface area is 453 Å². The molecule has 0 aromatic carbocycles. The molecule has 0 aliphatic heterocycles. The van der Waals surface area contributed by atoms with Crippen molar-refractivity contribution in [2.24, 2.45) is 0 Å². The number of carbonyl (C=O) groups excluding carboxylic acids is 3. The van der Waals surface area contributed by atoms with Gasteiger partial charge in [0.2, 0.25) is 0 Å². The molecule has 6 nitrogen and oxygen atoms in total. The molecule has 0 aromatic rings. The first-order valence-electron chi connectivity index (χ1n) is 31.4. The Hall–Kier alpha value is -3.15. The third kappa shape index (κ3) is 59.6. The van der Waals surface area contributed by atoms with Crippen LogP contribution in [-0.2, 0) is 28.6 Å². The molecule has 6 heteroatoms. The van der Waals surface area contributed by atoms with Crippen LogP contribution in [0.2, 0.25) is 0 Å². The van der Waals surface area contributed by atoms with Crippen LogP contribution in [0.1, 0.15) is 316 Å². The van der Waals surface area contributed by atoms with Crippen LogP contribution in [0, 0.1) is 0 Å². The van der Waals surface area contributed by atoms with E-state index >= 15 is 0 Å². The predicted octanol–water partition coefficient (Wildman–Crippen LogP) is 21.3. The predicted molar refractivity (Wildman–Crippen MR) is 316 cm³/mol. The van der Waals surface area contributed by atoms with Crippen molar-refractivity contribution < 1.29 is 28.6 Å². The molecule has 1 atom stereocenters. The summed E-state index contributed by atoms with van der Waals surface area (Å²) in [6, 6.07) is 0. The summed E-state index contributed by atoms with van der Waals surface area (Å²) in [5, 5.41) is 0. The van der Waals surface area contributed by atoms with Gasteiger partial charge in [0.1, 0.15) is 13.2 Å². The van der Waals surface area contributed by atoms with Crippen LogP contribution in [0.4, 0.5) is 0 Å². The summed E-state index contributed by atoms with van der Waals surface area (Å²) in [6.45, 7) is 6.58. The van der Waals surface area contributed by atoms with Crippen molar-refractivity contribution in [3.05, 3.63) is 72.9 Å². The van der Waals surface area contributed by atoms with Crippen molar-refractivity contribution in [1.82, 2.24) is 0 Å². The zero-order valence-electron chi connectivity index (χ0n) is 48.4. The van der Waals surface area contributed by atoms with Gasteiger partial charge in [-0.25, -0.2) is 0 Å². The molecule has 0 N–H and O–H groups in total. The molecule has 0 aliphatic rings. The first-order valence-corrected chi connectivity index (χ1v) is 31.4. The average Bonchev–Trinajstić information content (AvgIpc) is 3.39. The third-order valence-corrected chi connectivity index (χ3v) is 13.7. The Bertz CT molecular complexity index is 1360. The number of carbonyl (C=O) groups is 3. The fourth-order valence-electron chi connectivity index (χ4n) is 8.94. The highest BCUT2D eigenvalue weighted by molar-refractivity contribution is 5.71. The summed E-state index contributed by atoms with van der Waals surface area (Å²) >= 11 is 0. The lowest BCUT2D eigenvalue weighted by Crippen LogP contribution is -2.30. The molecule has 0 saturated heterocycles. The molecule has 0 bridgehead atoms. The van der Waals surface area contributed by atoms with Gasteiger partial charge in [-0.3, -0.25) is 14.4 Å². The Morgan fingerprint density at radius 3 is 0.849 bits per heavy atom. The lowest BCUT2D eigenvalue weighted by molar-refractivity contribution is -0.167. The van der Waals surface area contributed by atoms with E-state index in [-0.39, 0.29) is 37.5 Å². The molecule has 0 spiro atoms. The van der Waals surface area contributed by atoms with Gasteiger partial charge < -0.3 is 14.2 Å². The second-order valence-corrected chi connectivity index (χ2v) is 21.0. The average molecular weight is 1020 g/mol. The summed E-state index contributed by atoms with van der Waals surface area (Å²) in [6.07, 6.45) is 79.1. The lowest BCUT2D eigenvalue weighted by Gasteiger charge is -2.18. The summed E-state index contributed by atoms with van der Waals surface area (Å²) in [5.41, 5.74) is 0. The van der Waals surface area contributed by atoms with E-state index in [4.69, 9.17) is 14.2 Å². The van der Waals surface area contributed by atoms with Crippen LogP contribution in [-0.4, -0.2) is 37.2 Å². The lowest BCUT2D eigenvalue weighted by atomic mass is 10.0. The van der Waals surface area contributed by atoms with Gasteiger partial charge in [-0.15, -0.1) is 0 Å². The molecule has 0 fully saturated rings. The monoisotopic (exact) mass is 1020 g/mol. The van der Waals surface area contributed by atoms with Gasteiger partial charge in [-0.2, -0.15) is 0 Å². The molecule has 0 unspecified atom stereocenters. The maximum absolute atomic E-state index is 12.9. The van der Waals surface area contributed by atoms with Gasteiger partial charge >= 0.3 is 17.9 Å². The van der Waals surface area contributed by atoms with Crippen LogP contribution in [0.15, 0.2) is 72.9 Å². The van der Waals surface area contributed by atoms with Crippen LogP contribution < -0.4 is 0 Å². The molecule has 0 saturated carbocycles. The van der Waals surface area contributed by atoms with Crippen LogP contribution in [0.3, 0.4) is 0 Å². The van der Waals surface area contributed by atoms with E-state index < -0.39 is 6.10 Å². The quantitative estimate of drug-likeness (QED) is 0.0261. The van der Waals surface area contributed by atoms with Gasteiger partial charge in [0.15, 0.2) is 6.10 Å². The number of hydrogen-bond donors (Lipinski definition) is 0. The van der Waals surface area contributed by atoms with Crippen LogP contribution in [0.5, 0.6) is 0 Å². The molecule has 0 heterocycles. The first-order chi connectivity index (χ1) is 36.0. The molecule has 0 rings (SSSR count). The molecule has 0 aliphatic carbocycles. The largest absolute Gasteiger partial charge is 0.462 e. The minimum atomic E-state index is -0.805.